The molecule has 0 aliphatic carbocycles. The first-order valence-corrected chi connectivity index (χ1v) is 6.48. The minimum absolute atomic E-state index is 0.0728. The molecule has 0 saturated heterocycles. The quantitative estimate of drug-likeness (QED) is 0.784. The van der Waals surface area contributed by atoms with Crippen molar-refractivity contribution in [2.75, 3.05) is 7.11 Å². The lowest BCUT2D eigenvalue weighted by atomic mass is 10.1. The smallest absolute Gasteiger partial charge is 0.123 e. The Bertz CT molecular complexity index is 584. The van der Waals surface area contributed by atoms with Crippen molar-refractivity contribution in [3.63, 3.8) is 0 Å². The Balaban J connectivity index is 2.01. The van der Waals surface area contributed by atoms with Crippen LogP contribution >= 0.6 is 0 Å². The van der Waals surface area contributed by atoms with Crippen molar-refractivity contribution < 1.29 is 14.9 Å². The second kappa shape index (κ2) is 6.30. The summed E-state index contributed by atoms with van der Waals surface area (Å²) >= 11 is 0. The van der Waals surface area contributed by atoms with E-state index in [0.717, 1.165) is 11.1 Å². The Morgan fingerprint density at radius 2 is 1.95 bits per heavy atom. The van der Waals surface area contributed by atoms with Gasteiger partial charge < -0.3 is 20.3 Å². The number of nitrogens with one attached hydrogen (secondary N) is 1. The third kappa shape index (κ3) is 3.42. The molecule has 2 aromatic rings. The van der Waals surface area contributed by atoms with E-state index < -0.39 is 0 Å². The molecule has 0 saturated carbocycles. The molecule has 0 amide bonds. The van der Waals surface area contributed by atoms with Gasteiger partial charge in [0.05, 0.1) is 7.11 Å². The lowest BCUT2D eigenvalue weighted by Crippen LogP contribution is -2.18. The van der Waals surface area contributed by atoms with Crippen LogP contribution in [0.3, 0.4) is 0 Å². The maximum Gasteiger partial charge on any atom is 0.123 e. The monoisotopic (exact) mass is 273 g/mol. The van der Waals surface area contributed by atoms with Gasteiger partial charge in [-0.3, -0.25) is 0 Å². The number of aromatic hydroxyl groups is 2. The summed E-state index contributed by atoms with van der Waals surface area (Å²) in [6, 6.07) is 12.4. The predicted octanol–water partition coefficient (Wildman–Crippen LogP) is 2.96. The van der Waals surface area contributed by atoms with Crippen molar-refractivity contribution in [2.45, 2.75) is 19.5 Å². The lowest BCUT2D eigenvalue weighted by Gasteiger charge is -2.15. The molecule has 2 aromatic carbocycles. The zero-order valence-corrected chi connectivity index (χ0v) is 11.6. The first-order chi connectivity index (χ1) is 9.60. The van der Waals surface area contributed by atoms with Gasteiger partial charge in [0.1, 0.15) is 17.2 Å². The first-order valence-electron chi connectivity index (χ1n) is 6.48. The molecule has 20 heavy (non-hydrogen) atoms. The van der Waals surface area contributed by atoms with Crippen LogP contribution in [-0.4, -0.2) is 17.3 Å². The Morgan fingerprint density at radius 3 is 2.60 bits per heavy atom. The van der Waals surface area contributed by atoms with Crippen LogP contribution in [-0.2, 0) is 6.54 Å². The number of methoxy groups -OCH3 is 1. The summed E-state index contributed by atoms with van der Waals surface area (Å²) in [6.07, 6.45) is 0. The third-order valence-electron chi connectivity index (χ3n) is 3.26. The van der Waals surface area contributed by atoms with Crippen LogP contribution in [0, 0.1) is 0 Å². The molecule has 0 radical (unpaired) electrons. The van der Waals surface area contributed by atoms with Gasteiger partial charge in [-0.2, -0.15) is 0 Å². The van der Waals surface area contributed by atoms with Gasteiger partial charge in [-0.25, -0.2) is 0 Å². The molecular weight excluding hydrogens is 254 g/mol. The van der Waals surface area contributed by atoms with E-state index in [1.54, 1.807) is 25.3 Å². The second-order valence-corrected chi connectivity index (χ2v) is 4.69. The predicted molar refractivity (Wildman–Crippen MR) is 78.0 cm³/mol. The normalized spacial score (nSPS) is 12.1. The summed E-state index contributed by atoms with van der Waals surface area (Å²) in [4.78, 5) is 0. The van der Waals surface area contributed by atoms with Crippen LogP contribution in [0.2, 0.25) is 0 Å². The van der Waals surface area contributed by atoms with Gasteiger partial charge in [0.25, 0.3) is 0 Å². The molecular formula is C16H19NO3. The maximum absolute atomic E-state index is 9.89. The Morgan fingerprint density at radius 1 is 1.15 bits per heavy atom. The molecule has 2 rings (SSSR count). The zero-order chi connectivity index (χ0) is 14.5. The van der Waals surface area contributed by atoms with Crippen LogP contribution in [0.25, 0.3) is 0 Å². The minimum atomic E-state index is 0.0728. The topological polar surface area (TPSA) is 61.7 Å². The molecule has 0 aliphatic rings. The van der Waals surface area contributed by atoms with Crippen molar-refractivity contribution in [2.24, 2.45) is 0 Å². The Kier molecular flexibility index (Phi) is 4.48. The highest BCUT2D eigenvalue weighted by Crippen LogP contribution is 2.24. The third-order valence-corrected chi connectivity index (χ3v) is 3.26. The van der Waals surface area contributed by atoms with Crippen LogP contribution in [0.15, 0.2) is 42.5 Å². The summed E-state index contributed by atoms with van der Waals surface area (Å²) in [5.74, 6) is 1.09. The molecule has 4 nitrogen and oxygen atoms in total. The summed E-state index contributed by atoms with van der Waals surface area (Å²) in [6.45, 7) is 2.54. The molecule has 0 aromatic heterocycles. The van der Waals surface area contributed by atoms with Gasteiger partial charge in [0.2, 0.25) is 0 Å². The van der Waals surface area contributed by atoms with Gasteiger partial charge >= 0.3 is 0 Å². The molecule has 4 heteroatoms. The average molecular weight is 273 g/mol. The number of rotatable bonds is 5. The van der Waals surface area contributed by atoms with E-state index in [1.165, 1.54) is 0 Å². The van der Waals surface area contributed by atoms with Crippen molar-refractivity contribution in [3.8, 4) is 17.2 Å². The fourth-order valence-electron chi connectivity index (χ4n) is 2.00. The number of hydrogen-bond donors (Lipinski definition) is 3. The second-order valence-electron chi connectivity index (χ2n) is 4.69. The largest absolute Gasteiger partial charge is 0.508 e. The first kappa shape index (κ1) is 14.2. The van der Waals surface area contributed by atoms with Gasteiger partial charge in [-0.05, 0) is 30.7 Å². The van der Waals surface area contributed by atoms with Gasteiger partial charge in [-0.15, -0.1) is 0 Å². The summed E-state index contributed by atoms with van der Waals surface area (Å²) in [5, 5.41) is 22.7. The SMILES string of the molecule is COc1ccc(CNC(C)c2cccc(O)c2)c(O)c1. The number of benzene rings is 2. The highest BCUT2D eigenvalue weighted by atomic mass is 16.5. The molecule has 0 heterocycles. The molecule has 106 valence electrons. The molecule has 0 fully saturated rings. The fourth-order valence-corrected chi connectivity index (χ4v) is 2.00. The minimum Gasteiger partial charge on any atom is -0.508 e. The van der Waals surface area contributed by atoms with Crippen LogP contribution in [0.5, 0.6) is 17.2 Å². The Hall–Kier alpha value is -2.20. The highest BCUT2D eigenvalue weighted by molar-refractivity contribution is 5.39. The number of phenolic OH excluding ortho intramolecular Hbond substituents is 2. The van der Waals surface area contributed by atoms with Crippen LogP contribution < -0.4 is 10.1 Å². The van der Waals surface area contributed by atoms with E-state index >= 15 is 0 Å². The van der Waals surface area contributed by atoms with Crippen LogP contribution in [0.4, 0.5) is 0 Å². The molecule has 1 unspecified atom stereocenters. The van der Waals surface area contributed by atoms with E-state index in [-0.39, 0.29) is 17.5 Å². The van der Waals surface area contributed by atoms with Crippen molar-refractivity contribution in [1.82, 2.24) is 5.32 Å². The van der Waals surface area contributed by atoms with E-state index in [0.29, 0.717) is 12.3 Å². The summed E-state index contributed by atoms with van der Waals surface area (Å²) < 4.78 is 5.05. The molecule has 0 aliphatic heterocycles. The van der Waals surface area contributed by atoms with Gasteiger partial charge in [0.15, 0.2) is 0 Å². The fraction of sp³-hybridized carbons (Fsp3) is 0.250. The van der Waals surface area contributed by atoms with Crippen molar-refractivity contribution in [1.29, 1.82) is 0 Å². The highest BCUT2D eigenvalue weighted by Gasteiger charge is 2.08. The number of hydrogen-bond acceptors (Lipinski definition) is 4. The van der Waals surface area contributed by atoms with Crippen LogP contribution in [0.1, 0.15) is 24.1 Å². The average Bonchev–Trinajstić information content (AvgIpc) is 2.45. The summed E-state index contributed by atoms with van der Waals surface area (Å²) in [5.41, 5.74) is 1.80. The standard InChI is InChI=1S/C16H19NO3/c1-11(12-4-3-5-14(18)8-12)17-10-13-6-7-15(20-2)9-16(13)19/h3-9,11,17-19H,10H2,1-2H3. The van der Waals surface area contributed by atoms with E-state index in [1.807, 2.05) is 31.2 Å². The summed E-state index contributed by atoms with van der Waals surface area (Å²) in [7, 11) is 1.57. The lowest BCUT2D eigenvalue weighted by molar-refractivity contribution is 0.405. The zero-order valence-electron chi connectivity index (χ0n) is 11.6. The van der Waals surface area contributed by atoms with E-state index in [9.17, 15) is 10.2 Å². The van der Waals surface area contributed by atoms with Gasteiger partial charge in [0, 0.05) is 24.2 Å². The van der Waals surface area contributed by atoms with Crippen molar-refractivity contribution in [3.05, 3.63) is 53.6 Å². The molecule has 0 spiro atoms. The molecule has 3 N–H and O–H groups in total. The number of phenols is 2. The number of ether oxygens (including phenoxy) is 1. The Labute approximate surface area is 118 Å². The van der Waals surface area contributed by atoms with Crippen molar-refractivity contribution >= 4 is 0 Å². The molecule has 1 atom stereocenters. The molecule has 0 bridgehead atoms. The van der Waals surface area contributed by atoms with Gasteiger partial charge in [-0.1, -0.05) is 18.2 Å². The van der Waals surface area contributed by atoms with E-state index in [4.69, 9.17) is 4.74 Å². The van der Waals surface area contributed by atoms with E-state index in [2.05, 4.69) is 5.32 Å². The maximum atomic E-state index is 9.89.